The van der Waals surface area contributed by atoms with Crippen molar-refractivity contribution in [3.63, 3.8) is 0 Å². The maximum atomic E-state index is 12.7. The Morgan fingerprint density at radius 3 is 2.82 bits per heavy atom. The fraction of sp³-hybridized carbons (Fsp3) is 0.579. The van der Waals surface area contributed by atoms with Crippen LogP contribution in [-0.4, -0.2) is 57.3 Å². The molecule has 4 rings (SSSR count). The first-order valence-electron chi connectivity index (χ1n) is 9.74. The Bertz CT molecular complexity index is 838. The molecule has 150 valence electrons. The fourth-order valence-electron chi connectivity index (χ4n) is 4.09. The van der Waals surface area contributed by atoms with Gasteiger partial charge < -0.3 is 15.2 Å². The number of hydrogen-bond acceptors (Lipinski definition) is 6. The second-order valence-electron chi connectivity index (χ2n) is 8.02. The van der Waals surface area contributed by atoms with Gasteiger partial charge in [0.1, 0.15) is 5.69 Å². The number of thiazole rings is 1. The molecule has 1 fully saturated rings. The average molecular weight is 403 g/mol. The molecule has 0 bridgehead atoms. The second-order valence-corrected chi connectivity index (χ2v) is 8.74. The van der Waals surface area contributed by atoms with Crippen LogP contribution in [0.15, 0.2) is 17.2 Å². The van der Waals surface area contributed by atoms with Crippen molar-refractivity contribution in [1.29, 1.82) is 0 Å². The van der Waals surface area contributed by atoms with E-state index in [0.29, 0.717) is 50.5 Å². The van der Waals surface area contributed by atoms with E-state index in [1.54, 1.807) is 17.2 Å². The summed E-state index contributed by atoms with van der Waals surface area (Å²) in [5.74, 6) is 0.402. The third kappa shape index (κ3) is 3.56. The summed E-state index contributed by atoms with van der Waals surface area (Å²) in [6.07, 6.45) is 3.74. The first-order valence-corrected chi connectivity index (χ1v) is 10.7. The molecule has 3 N–H and O–H groups in total. The number of hydrogen-bond donors (Lipinski definition) is 3. The van der Waals surface area contributed by atoms with Gasteiger partial charge in [0.05, 0.1) is 29.1 Å². The largest absolute Gasteiger partial charge is 0.354 e. The van der Waals surface area contributed by atoms with Gasteiger partial charge in [-0.1, -0.05) is 13.8 Å². The Hall–Kier alpha value is -2.26. The minimum absolute atomic E-state index is 0.0225. The molecule has 2 aromatic heterocycles. The zero-order valence-corrected chi connectivity index (χ0v) is 17.0. The standard InChI is InChI=1S/C19H26N6O2S/c1-12(2)8-20-17(26)14-7-13-16(22-10-21-13)19(24-14)3-5-25(6-4-19)18(27)15-9-28-11-23-15/h9-12,14,24H,3-8H2,1-2H3,(H,20,26)(H,21,22)/t14-/m0/s1. The Kier molecular flexibility index (Phi) is 5.20. The van der Waals surface area contributed by atoms with Gasteiger partial charge in [0, 0.05) is 37.1 Å². The van der Waals surface area contributed by atoms with E-state index in [1.165, 1.54) is 11.3 Å². The minimum Gasteiger partial charge on any atom is -0.354 e. The number of amides is 2. The van der Waals surface area contributed by atoms with Crippen LogP contribution in [0.5, 0.6) is 0 Å². The van der Waals surface area contributed by atoms with E-state index in [0.717, 1.165) is 11.4 Å². The van der Waals surface area contributed by atoms with E-state index in [-0.39, 0.29) is 23.4 Å². The number of aromatic nitrogens is 3. The molecule has 0 aromatic carbocycles. The van der Waals surface area contributed by atoms with Crippen LogP contribution >= 0.6 is 11.3 Å². The summed E-state index contributed by atoms with van der Waals surface area (Å²) in [6, 6.07) is -0.299. The summed E-state index contributed by atoms with van der Waals surface area (Å²) >= 11 is 1.43. The molecule has 2 amide bonds. The van der Waals surface area contributed by atoms with Crippen LogP contribution < -0.4 is 10.6 Å². The predicted molar refractivity (Wildman–Crippen MR) is 106 cm³/mol. The molecule has 28 heavy (non-hydrogen) atoms. The Morgan fingerprint density at radius 1 is 1.36 bits per heavy atom. The molecule has 0 unspecified atom stereocenters. The van der Waals surface area contributed by atoms with Crippen molar-refractivity contribution in [2.24, 2.45) is 5.92 Å². The number of carbonyl (C=O) groups excluding carboxylic acids is 2. The highest BCUT2D eigenvalue weighted by Gasteiger charge is 2.46. The molecule has 8 nitrogen and oxygen atoms in total. The summed E-state index contributed by atoms with van der Waals surface area (Å²) in [4.78, 5) is 39.1. The Balaban J connectivity index is 1.49. The molecule has 1 saturated heterocycles. The number of likely N-dealkylation sites (tertiary alicyclic amines) is 1. The van der Waals surface area contributed by atoms with Crippen molar-refractivity contribution in [2.45, 2.75) is 44.7 Å². The number of piperidine rings is 1. The molecule has 2 aromatic rings. The third-order valence-electron chi connectivity index (χ3n) is 5.59. The summed E-state index contributed by atoms with van der Waals surface area (Å²) in [5, 5.41) is 8.40. The molecule has 0 radical (unpaired) electrons. The molecule has 0 saturated carbocycles. The second kappa shape index (κ2) is 7.63. The van der Waals surface area contributed by atoms with Gasteiger partial charge in [-0.05, 0) is 18.8 Å². The van der Waals surface area contributed by atoms with Gasteiger partial charge in [-0.15, -0.1) is 11.3 Å². The van der Waals surface area contributed by atoms with E-state index >= 15 is 0 Å². The van der Waals surface area contributed by atoms with E-state index < -0.39 is 0 Å². The van der Waals surface area contributed by atoms with E-state index in [9.17, 15) is 9.59 Å². The molecule has 2 aliphatic rings. The highest BCUT2D eigenvalue weighted by atomic mass is 32.1. The zero-order chi connectivity index (χ0) is 19.7. The van der Waals surface area contributed by atoms with Crippen molar-refractivity contribution in [1.82, 2.24) is 30.5 Å². The lowest BCUT2D eigenvalue weighted by Gasteiger charge is -2.46. The van der Waals surface area contributed by atoms with E-state index in [2.05, 4.69) is 39.4 Å². The van der Waals surface area contributed by atoms with Crippen LogP contribution in [0.1, 0.15) is 48.6 Å². The number of nitrogens with one attached hydrogen (secondary N) is 3. The number of H-pyrrole nitrogens is 1. The summed E-state index contributed by atoms with van der Waals surface area (Å²) in [5.41, 5.74) is 3.80. The molecule has 1 atom stereocenters. The fourth-order valence-corrected chi connectivity index (χ4v) is 4.61. The summed E-state index contributed by atoms with van der Waals surface area (Å²) in [6.45, 7) is 6.04. The first-order chi connectivity index (χ1) is 13.5. The molecular formula is C19H26N6O2S. The lowest BCUT2D eigenvalue weighted by molar-refractivity contribution is -0.124. The first kappa shape index (κ1) is 19.1. The topological polar surface area (TPSA) is 103 Å². The number of carbonyl (C=O) groups is 2. The maximum absolute atomic E-state index is 12.7. The van der Waals surface area contributed by atoms with E-state index in [1.807, 2.05) is 4.90 Å². The maximum Gasteiger partial charge on any atom is 0.273 e. The van der Waals surface area contributed by atoms with Gasteiger partial charge >= 0.3 is 0 Å². The van der Waals surface area contributed by atoms with Gasteiger partial charge in [0.2, 0.25) is 5.91 Å². The quantitative estimate of drug-likeness (QED) is 0.715. The van der Waals surface area contributed by atoms with Gasteiger partial charge in [0.25, 0.3) is 5.91 Å². The smallest absolute Gasteiger partial charge is 0.273 e. The van der Waals surface area contributed by atoms with Crippen LogP contribution in [0.4, 0.5) is 0 Å². The van der Waals surface area contributed by atoms with Crippen molar-refractivity contribution in [2.75, 3.05) is 19.6 Å². The normalized spacial score (nSPS) is 21.0. The van der Waals surface area contributed by atoms with Crippen molar-refractivity contribution >= 4 is 23.2 Å². The van der Waals surface area contributed by atoms with Crippen LogP contribution in [0.3, 0.4) is 0 Å². The number of aromatic amines is 1. The molecule has 4 heterocycles. The van der Waals surface area contributed by atoms with Gasteiger partial charge in [-0.2, -0.15) is 0 Å². The SMILES string of the molecule is CC(C)CNC(=O)[C@@H]1Cc2[nH]cnc2C2(CCN(C(=O)c3cscn3)CC2)N1. The summed E-state index contributed by atoms with van der Waals surface area (Å²) < 4.78 is 0. The predicted octanol–water partition coefficient (Wildman–Crippen LogP) is 1.28. The van der Waals surface area contributed by atoms with Crippen molar-refractivity contribution in [3.8, 4) is 0 Å². The molecule has 9 heteroatoms. The molecular weight excluding hydrogens is 376 g/mol. The van der Waals surface area contributed by atoms with Gasteiger partial charge in [-0.3, -0.25) is 14.9 Å². The number of fused-ring (bicyclic) bond motifs is 2. The van der Waals surface area contributed by atoms with Crippen LogP contribution in [0.2, 0.25) is 0 Å². The van der Waals surface area contributed by atoms with Gasteiger partial charge in [-0.25, -0.2) is 9.97 Å². The van der Waals surface area contributed by atoms with Crippen LogP contribution in [0, 0.1) is 5.92 Å². The summed E-state index contributed by atoms with van der Waals surface area (Å²) in [7, 11) is 0. The monoisotopic (exact) mass is 402 g/mol. The Morgan fingerprint density at radius 2 is 2.14 bits per heavy atom. The number of nitrogens with zero attached hydrogens (tertiary/aromatic N) is 3. The van der Waals surface area contributed by atoms with Crippen LogP contribution in [-0.2, 0) is 16.8 Å². The molecule has 1 spiro atoms. The highest BCUT2D eigenvalue weighted by molar-refractivity contribution is 7.07. The average Bonchev–Trinajstić information content (AvgIpc) is 3.38. The van der Waals surface area contributed by atoms with Crippen molar-refractivity contribution in [3.05, 3.63) is 34.3 Å². The lowest BCUT2D eigenvalue weighted by atomic mass is 9.78. The minimum atomic E-state index is -0.383. The molecule has 2 aliphatic heterocycles. The van der Waals surface area contributed by atoms with Crippen molar-refractivity contribution < 1.29 is 9.59 Å². The number of rotatable bonds is 4. The molecule has 0 aliphatic carbocycles. The number of imidazole rings is 1. The van der Waals surface area contributed by atoms with Crippen LogP contribution in [0.25, 0.3) is 0 Å². The van der Waals surface area contributed by atoms with E-state index in [4.69, 9.17) is 0 Å². The lowest BCUT2D eigenvalue weighted by Crippen LogP contribution is -2.62. The zero-order valence-electron chi connectivity index (χ0n) is 16.2. The third-order valence-corrected chi connectivity index (χ3v) is 6.17. The Labute approximate surface area is 168 Å². The van der Waals surface area contributed by atoms with Gasteiger partial charge in [0.15, 0.2) is 0 Å². The highest BCUT2D eigenvalue weighted by Crippen LogP contribution is 2.37.